The Hall–Kier alpha value is -3.85. The number of hydrogen-bond donors (Lipinski definition) is 1. The lowest BCUT2D eigenvalue weighted by Gasteiger charge is -2.11. The molecule has 166 valence electrons. The lowest BCUT2D eigenvalue weighted by atomic mass is 10.2. The molecule has 0 saturated carbocycles. The molecule has 0 spiro atoms. The van der Waals surface area contributed by atoms with E-state index in [0.717, 1.165) is 5.56 Å². The van der Waals surface area contributed by atoms with Gasteiger partial charge in [-0.05, 0) is 67.1 Å². The highest BCUT2D eigenvalue weighted by Crippen LogP contribution is 2.30. The van der Waals surface area contributed by atoms with Gasteiger partial charge in [0.05, 0.1) is 20.4 Å². The molecule has 0 saturated heterocycles. The summed E-state index contributed by atoms with van der Waals surface area (Å²) in [6, 6.07) is 17.5. The Morgan fingerprint density at radius 1 is 0.906 bits per heavy atom. The van der Waals surface area contributed by atoms with Crippen molar-refractivity contribution in [3.05, 3.63) is 83.4 Å². The molecule has 3 aromatic rings. The van der Waals surface area contributed by atoms with Crippen LogP contribution in [0.3, 0.4) is 0 Å². The minimum atomic E-state index is -4.02. The molecule has 9 heteroatoms. The smallest absolute Gasteiger partial charge is 0.339 e. The maximum absolute atomic E-state index is 12.5. The number of ether oxygens (including phenoxy) is 2. The third kappa shape index (κ3) is 5.64. The lowest BCUT2D eigenvalue weighted by Crippen LogP contribution is -2.17. The van der Waals surface area contributed by atoms with Gasteiger partial charge in [0.25, 0.3) is 5.91 Å². The summed E-state index contributed by atoms with van der Waals surface area (Å²) in [7, 11) is -1.08. The van der Waals surface area contributed by atoms with Gasteiger partial charge in [0.2, 0.25) is 0 Å². The zero-order valence-corrected chi connectivity index (χ0v) is 18.5. The molecule has 3 aromatic carbocycles. The van der Waals surface area contributed by atoms with Crippen molar-refractivity contribution in [2.24, 2.45) is 5.10 Å². The number of nitrogens with one attached hydrogen (secondary N) is 1. The normalized spacial score (nSPS) is 11.2. The van der Waals surface area contributed by atoms with Crippen molar-refractivity contribution in [2.45, 2.75) is 11.8 Å². The van der Waals surface area contributed by atoms with E-state index in [1.807, 2.05) is 6.92 Å². The second-order valence-corrected chi connectivity index (χ2v) is 8.23. The van der Waals surface area contributed by atoms with Crippen LogP contribution in [0.2, 0.25) is 0 Å². The van der Waals surface area contributed by atoms with Crippen LogP contribution in [0.25, 0.3) is 0 Å². The quantitative estimate of drug-likeness (QED) is 0.317. The molecule has 8 nitrogen and oxygen atoms in total. The summed E-state index contributed by atoms with van der Waals surface area (Å²) in [4.78, 5) is 12.2. The van der Waals surface area contributed by atoms with E-state index in [2.05, 4.69) is 10.5 Å². The molecule has 0 aliphatic heterocycles. The second-order valence-electron chi connectivity index (χ2n) is 6.69. The van der Waals surface area contributed by atoms with Crippen molar-refractivity contribution in [2.75, 3.05) is 14.2 Å². The maximum atomic E-state index is 12.5. The molecule has 32 heavy (non-hydrogen) atoms. The Balaban J connectivity index is 1.70. The summed E-state index contributed by atoms with van der Waals surface area (Å²) in [6.45, 7) is 1.86. The number of benzene rings is 3. The van der Waals surface area contributed by atoms with Gasteiger partial charge in [-0.25, -0.2) is 5.43 Å². The first kappa shape index (κ1) is 22.8. The Morgan fingerprint density at radius 2 is 1.59 bits per heavy atom. The van der Waals surface area contributed by atoms with Gasteiger partial charge in [-0.2, -0.15) is 13.5 Å². The number of hydrogen-bond acceptors (Lipinski definition) is 7. The topological polar surface area (TPSA) is 103 Å². The standard InChI is InChI=1S/C23H22N2O6S/c1-16-4-11-20(12-5-16)32(27,28)31-21-13-6-17(14-22(21)30-3)15-24-25-23(26)18-7-9-19(29-2)10-8-18/h4-15H,1-3H3,(H,25,26). The fraction of sp³-hybridized carbons (Fsp3) is 0.130. The molecule has 3 rings (SSSR count). The van der Waals surface area contributed by atoms with Gasteiger partial charge in [0.1, 0.15) is 10.6 Å². The van der Waals surface area contributed by atoms with Crippen LogP contribution >= 0.6 is 0 Å². The van der Waals surface area contributed by atoms with Gasteiger partial charge in [-0.15, -0.1) is 0 Å². The van der Waals surface area contributed by atoms with E-state index in [4.69, 9.17) is 13.7 Å². The summed E-state index contributed by atoms with van der Waals surface area (Å²) in [5.74, 6) is 0.488. The first-order valence-electron chi connectivity index (χ1n) is 9.49. The highest BCUT2D eigenvalue weighted by atomic mass is 32.2. The van der Waals surface area contributed by atoms with Crippen LogP contribution in [0.5, 0.6) is 17.2 Å². The van der Waals surface area contributed by atoms with Crippen molar-refractivity contribution >= 4 is 22.2 Å². The average molecular weight is 455 g/mol. The largest absolute Gasteiger partial charge is 0.497 e. The van der Waals surface area contributed by atoms with Crippen LogP contribution < -0.4 is 19.1 Å². The average Bonchev–Trinajstić information content (AvgIpc) is 2.80. The van der Waals surface area contributed by atoms with E-state index < -0.39 is 10.1 Å². The molecule has 0 aliphatic carbocycles. The number of aryl methyl sites for hydroxylation is 1. The highest BCUT2D eigenvalue weighted by Gasteiger charge is 2.19. The first-order valence-corrected chi connectivity index (χ1v) is 10.9. The first-order chi connectivity index (χ1) is 15.3. The number of carbonyl (C=O) groups excluding carboxylic acids is 1. The molecule has 1 amide bonds. The van der Waals surface area contributed by atoms with Crippen molar-refractivity contribution in [3.8, 4) is 17.2 Å². The van der Waals surface area contributed by atoms with Gasteiger partial charge >= 0.3 is 10.1 Å². The summed E-state index contributed by atoms with van der Waals surface area (Å²) in [6.07, 6.45) is 1.40. The number of amides is 1. The minimum absolute atomic E-state index is 0.0347. The molecule has 1 N–H and O–H groups in total. The van der Waals surface area contributed by atoms with Crippen molar-refractivity contribution in [1.82, 2.24) is 5.43 Å². The van der Waals surface area contributed by atoms with Crippen LogP contribution in [0.4, 0.5) is 0 Å². The molecule has 0 heterocycles. The van der Waals surface area contributed by atoms with E-state index in [0.29, 0.717) is 16.9 Å². The fourth-order valence-electron chi connectivity index (χ4n) is 2.68. The Kier molecular flexibility index (Phi) is 7.11. The molecule has 0 bridgehead atoms. The molecule has 0 atom stereocenters. The van der Waals surface area contributed by atoms with Gasteiger partial charge in [0, 0.05) is 5.56 Å². The summed E-state index contributed by atoms with van der Waals surface area (Å²) >= 11 is 0. The third-order valence-electron chi connectivity index (χ3n) is 4.43. The third-order valence-corrected chi connectivity index (χ3v) is 5.68. The van der Waals surface area contributed by atoms with Gasteiger partial charge < -0.3 is 13.7 Å². The highest BCUT2D eigenvalue weighted by molar-refractivity contribution is 7.87. The zero-order valence-electron chi connectivity index (χ0n) is 17.7. The van der Waals surface area contributed by atoms with Gasteiger partial charge in [0.15, 0.2) is 11.5 Å². The van der Waals surface area contributed by atoms with Crippen LogP contribution in [-0.4, -0.2) is 34.8 Å². The number of methoxy groups -OCH3 is 2. The summed E-state index contributed by atoms with van der Waals surface area (Å²) in [5, 5.41) is 3.93. The SMILES string of the molecule is COc1ccc(C(=O)NN=Cc2ccc(OS(=O)(=O)c3ccc(C)cc3)c(OC)c2)cc1. The van der Waals surface area contributed by atoms with E-state index in [1.54, 1.807) is 55.6 Å². The van der Waals surface area contributed by atoms with Crippen LogP contribution in [0, 0.1) is 6.92 Å². The molecule has 0 aliphatic rings. The molecule has 0 aromatic heterocycles. The number of carbonyl (C=O) groups is 1. The van der Waals surface area contributed by atoms with E-state index in [-0.39, 0.29) is 22.3 Å². The Labute approximate surface area is 186 Å². The number of nitrogens with zero attached hydrogens (tertiary/aromatic N) is 1. The zero-order chi connectivity index (χ0) is 23.1. The van der Waals surface area contributed by atoms with Crippen LogP contribution in [-0.2, 0) is 10.1 Å². The monoisotopic (exact) mass is 454 g/mol. The van der Waals surface area contributed by atoms with Crippen molar-refractivity contribution in [3.63, 3.8) is 0 Å². The second kappa shape index (κ2) is 9.97. The molecule has 0 fully saturated rings. The van der Waals surface area contributed by atoms with E-state index in [9.17, 15) is 13.2 Å². The van der Waals surface area contributed by atoms with Gasteiger partial charge in [-0.1, -0.05) is 17.7 Å². The van der Waals surface area contributed by atoms with Crippen LogP contribution in [0.15, 0.2) is 76.7 Å². The number of hydrazone groups is 1. The Bertz CT molecular complexity index is 1220. The lowest BCUT2D eigenvalue weighted by molar-refractivity contribution is 0.0955. The maximum Gasteiger partial charge on any atom is 0.339 e. The van der Waals surface area contributed by atoms with Crippen LogP contribution in [0.1, 0.15) is 21.5 Å². The molecule has 0 unspecified atom stereocenters. The van der Waals surface area contributed by atoms with Crippen molar-refractivity contribution < 1.29 is 26.9 Å². The predicted octanol–water partition coefficient (Wildman–Crippen LogP) is 3.54. The minimum Gasteiger partial charge on any atom is -0.497 e. The fourth-order valence-corrected chi connectivity index (χ4v) is 3.62. The predicted molar refractivity (Wildman–Crippen MR) is 120 cm³/mol. The molecular formula is C23H22N2O6S. The summed E-state index contributed by atoms with van der Waals surface area (Å²) < 4.78 is 40.6. The van der Waals surface area contributed by atoms with E-state index in [1.165, 1.54) is 31.5 Å². The van der Waals surface area contributed by atoms with Gasteiger partial charge in [-0.3, -0.25) is 4.79 Å². The Morgan fingerprint density at radius 3 is 2.22 bits per heavy atom. The van der Waals surface area contributed by atoms with E-state index >= 15 is 0 Å². The number of rotatable bonds is 8. The molecule has 0 radical (unpaired) electrons. The molecular weight excluding hydrogens is 432 g/mol. The van der Waals surface area contributed by atoms with Crippen molar-refractivity contribution in [1.29, 1.82) is 0 Å². The summed E-state index contributed by atoms with van der Waals surface area (Å²) in [5.41, 5.74) is 4.35.